The number of aromatic nitrogens is 3. The van der Waals surface area contributed by atoms with Gasteiger partial charge in [0.2, 0.25) is 0 Å². The molecule has 0 bridgehead atoms. The first-order chi connectivity index (χ1) is 11.1. The van der Waals surface area contributed by atoms with E-state index in [4.69, 9.17) is 9.16 Å². The maximum Gasteiger partial charge on any atom is 0.192 e. The van der Waals surface area contributed by atoms with Gasteiger partial charge in [0.25, 0.3) is 0 Å². The Kier molecular flexibility index (Phi) is 5.15. The topological polar surface area (TPSA) is 49.2 Å². The minimum absolute atomic E-state index is 0.0480. The molecule has 132 valence electrons. The van der Waals surface area contributed by atoms with E-state index < -0.39 is 14.1 Å². The van der Waals surface area contributed by atoms with E-state index in [1.165, 1.54) is 7.11 Å². The Morgan fingerprint density at radius 1 is 1.25 bits per heavy atom. The minimum atomic E-state index is -2.01. The number of rotatable bonds is 5. The summed E-state index contributed by atoms with van der Waals surface area (Å²) in [5, 5.41) is 4.33. The summed E-state index contributed by atoms with van der Waals surface area (Å²) in [6.45, 7) is 12.7. The van der Waals surface area contributed by atoms with Crippen molar-refractivity contribution in [1.82, 2.24) is 14.8 Å². The quantitative estimate of drug-likeness (QED) is 0.756. The second-order valence-electron chi connectivity index (χ2n) is 7.36. The third-order valence-corrected chi connectivity index (χ3v) is 9.12. The average molecular weight is 351 g/mol. The van der Waals surface area contributed by atoms with Crippen molar-refractivity contribution < 1.29 is 13.6 Å². The molecule has 0 N–H and O–H groups in total. The van der Waals surface area contributed by atoms with E-state index in [9.17, 15) is 4.39 Å². The van der Waals surface area contributed by atoms with E-state index in [0.717, 1.165) is 0 Å². The van der Waals surface area contributed by atoms with Crippen molar-refractivity contribution in [3.05, 3.63) is 35.7 Å². The third kappa shape index (κ3) is 3.67. The Bertz CT molecular complexity index is 723. The summed E-state index contributed by atoms with van der Waals surface area (Å²) < 4.78 is 27.7. The standard InChI is InChI=1S/C17H26FN3O2Si/c1-12-19-11-21(20-12)14-8-9-15(22-5)16(18)13(14)10-23-24(6,7)17(2,3)4/h8-9,11H,10H2,1-7H3. The Hall–Kier alpha value is -1.73. The number of halogens is 1. The first-order valence-electron chi connectivity index (χ1n) is 7.95. The van der Waals surface area contributed by atoms with Gasteiger partial charge in [0, 0.05) is 5.56 Å². The molecule has 1 heterocycles. The van der Waals surface area contributed by atoms with E-state index in [1.54, 1.807) is 30.1 Å². The van der Waals surface area contributed by atoms with Gasteiger partial charge in [-0.25, -0.2) is 14.1 Å². The SMILES string of the molecule is COc1ccc(-n2cnc(C)n2)c(CO[Si](C)(C)C(C)(C)C)c1F. The minimum Gasteiger partial charge on any atom is -0.494 e. The lowest BCUT2D eigenvalue weighted by Gasteiger charge is -2.36. The smallest absolute Gasteiger partial charge is 0.192 e. The second kappa shape index (κ2) is 6.64. The summed E-state index contributed by atoms with van der Waals surface area (Å²) in [5.74, 6) is 0.411. The van der Waals surface area contributed by atoms with Crippen LogP contribution in [0.4, 0.5) is 4.39 Å². The highest BCUT2D eigenvalue weighted by Crippen LogP contribution is 2.38. The largest absolute Gasteiger partial charge is 0.494 e. The van der Waals surface area contributed by atoms with Gasteiger partial charge in [0.05, 0.1) is 19.4 Å². The molecule has 0 amide bonds. The van der Waals surface area contributed by atoms with Crippen LogP contribution in [-0.4, -0.2) is 30.2 Å². The summed E-state index contributed by atoms with van der Waals surface area (Å²) in [7, 11) is -0.555. The van der Waals surface area contributed by atoms with Crippen LogP contribution in [0.15, 0.2) is 18.5 Å². The first-order valence-corrected chi connectivity index (χ1v) is 10.9. The normalized spacial score (nSPS) is 12.5. The number of nitrogens with zero attached hydrogens (tertiary/aromatic N) is 3. The predicted molar refractivity (Wildman–Crippen MR) is 94.6 cm³/mol. The Labute approximate surface area is 143 Å². The molecule has 2 aromatic rings. The van der Waals surface area contributed by atoms with Gasteiger partial charge in [-0.05, 0) is 37.2 Å². The number of methoxy groups -OCH3 is 1. The van der Waals surface area contributed by atoms with Crippen molar-refractivity contribution in [3.63, 3.8) is 0 Å². The van der Waals surface area contributed by atoms with E-state index in [-0.39, 0.29) is 17.4 Å². The second-order valence-corrected chi connectivity index (χ2v) is 12.2. The highest BCUT2D eigenvalue weighted by Gasteiger charge is 2.37. The Morgan fingerprint density at radius 3 is 2.42 bits per heavy atom. The molecule has 0 atom stereocenters. The average Bonchev–Trinajstić information content (AvgIpc) is 2.91. The number of ether oxygens (including phenoxy) is 1. The molecule has 1 aromatic heterocycles. The van der Waals surface area contributed by atoms with Crippen LogP contribution in [0, 0.1) is 12.7 Å². The maximum atomic E-state index is 14.8. The van der Waals surface area contributed by atoms with E-state index in [1.807, 2.05) is 0 Å². The van der Waals surface area contributed by atoms with Crippen LogP contribution in [0.1, 0.15) is 32.2 Å². The highest BCUT2D eigenvalue weighted by molar-refractivity contribution is 6.74. The van der Waals surface area contributed by atoms with Gasteiger partial charge in [-0.15, -0.1) is 0 Å². The fourth-order valence-electron chi connectivity index (χ4n) is 2.03. The van der Waals surface area contributed by atoms with Crippen LogP contribution in [0.5, 0.6) is 5.75 Å². The Balaban J connectivity index is 2.43. The summed E-state index contributed by atoms with van der Waals surface area (Å²) >= 11 is 0. The number of hydrogen-bond donors (Lipinski definition) is 0. The fourth-order valence-corrected chi connectivity index (χ4v) is 2.97. The van der Waals surface area contributed by atoms with E-state index >= 15 is 0 Å². The molecular weight excluding hydrogens is 325 g/mol. The van der Waals surface area contributed by atoms with Gasteiger partial charge >= 0.3 is 0 Å². The molecule has 1 aromatic carbocycles. The fraction of sp³-hybridized carbons (Fsp3) is 0.529. The summed E-state index contributed by atoms with van der Waals surface area (Å²) in [6, 6.07) is 3.37. The van der Waals surface area contributed by atoms with Crippen LogP contribution in [0.2, 0.25) is 18.1 Å². The predicted octanol–water partition coefficient (Wildman–Crippen LogP) is 4.25. The van der Waals surface area contributed by atoms with Crippen LogP contribution < -0.4 is 4.74 Å². The lowest BCUT2D eigenvalue weighted by Crippen LogP contribution is -2.40. The number of benzene rings is 1. The third-order valence-electron chi connectivity index (χ3n) is 4.64. The molecule has 0 unspecified atom stereocenters. The molecule has 2 rings (SSSR count). The maximum absolute atomic E-state index is 14.8. The molecule has 0 saturated carbocycles. The summed E-state index contributed by atoms with van der Waals surface area (Å²) in [4.78, 5) is 4.12. The van der Waals surface area contributed by atoms with Gasteiger partial charge in [-0.2, -0.15) is 5.10 Å². The van der Waals surface area contributed by atoms with Crippen LogP contribution in [0.25, 0.3) is 5.69 Å². The molecule has 5 nitrogen and oxygen atoms in total. The molecular formula is C17H26FN3O2Si. The first kappa shape index (κ1) is 18.6. The molecule has 0 fully saturated rings. The molecule has 0 aliphatic heterocycles. The molecule has 7 heteroatoms. The van der Waals surface area contributed by atoms with Crippen molar-refractivity contribution in [2.45, 2.75) is 52.4 Å². The van der Waals surface area contributed by atoms with Crippen LogP contribution in [-0.2, 0) is 11.0 Å². The van der Waals surface area contributed by atoms with E-state index in [0.29, 0.717) is 17.1 Å². The zero-order valence-corrected chi connectivity index (χ0v) is 16.5. The Morgan fingerprint density at radius 2 is 1.92 bits per heavy atom. The number of aryl methyl sites for hydroxylation is 1. The van der Waals surface area contributed by atoms with Gasteiger partial charge < -0.3 is 9.16 Å². The lowest BCUT2D eigenvalue weighted by molar-refractivity contribution is 0.268. The molecule has 0 aliphatic carbocycles. The number of hydrogen-bond acceptors (Lipinski definition) is 4. The zero-order valence-electron chi connectivity index (χ0n) is 15.5. The van der Waals surface area contributed by atoms with Crippen molar-refractivity contribution in [2.24, 2.45) is 0 Å². The highest BCUT2D eigenvalue weighted by atomic mass is 28.4. The van der Waals surface area contributed by atoms with Crippen molar-refractivity contribution in [3.8, 4) is 11.4 Å². The van der Waals surface area contributed by atoms with Crippen LogP contribution in [0.3, 0.4) is 0 Å². The van der Waals surface area contributed by atoms with Gasteiger partial charge in [0.15, 0.2) is 19.9 Å². The molecule has 24 heavy (non-hydrogen) atoms. The lowest BCUT2D eigenvalue weighted by atomic mass is 10.1. The molecule has 0 saturated heterocycles. The van der Waals surface area contributed by atoms with Crippen molar-refractivity contribution in [2.75, 3.05) is 7.11 Å². The molecule has 0 spiro atoms. The summed E-state index contributed by atoms with van der Waals surface area (Å²) in [6.07, 6.45) is 1.58. The van der Waals surface area contributed by atoms with E-state index in [2.05, 4.69) is 43.9 Å². The van der Waals surface area contributed by atoms with Crippen molar-refractivity contribution in [1.29, 1.82) is 0 Å². The van der Waals surface area contributed by atoms with Gasteiger partial charge in [-0.1, -0.05) is 20.8 Å². The van der Waals surface area contributed by atoms with Crippen molar-refractivity contribution >= 4 is 8.32 Å². The molecule has 0 radical (unpaired) electrons. The zero-order chi connectivity index (χ0) is 18.1. The van der Waals surface area contributed by atoms with Crippen LogP contribution >= 0.6 is 0 Å². The summed E-state index contributed by atoms with van der Waals surface area (Å²) in [5.41, 5.74) is 1.05. The van der Waals surface area contributed by atoms with Gasteiger partial charge in [0.1, 0.15) is 12.2 Å². The molecule has 0 aliphatic rings. The van der Waals surface area contributed by atoms with Gasteiger partial charge in [-0.3, -0.25) is 0 Å². The monoisotopic (exact) mass is 351 g/mol.